The summed E-state index contributed by atoms with van der Waals surface area (Å²) in [5.74, 6) is -0.857. The van der Waals surface area contributed by atoms with E-state index in [9.17, 15) is 9.59 Å². The summed E-state index contributed by atoms with van der Waals surface area (Å²) in [6, 6.07) is 14.2. The number of nitrogens with one attached hydrogen (secondary N) is 1. The number of fused-ring (bicyclic) bond motifs is 1. The van der Waals surface area contributed by atoms with Gasteiger partial charge in [0, 0.05) is 25.2 Å². The van der Waals surface area contributed by atoms with E-state index in [1.54, 1.807) is 11.3 Å². The number of para-hydroxylation sites is 1. The normalized spacial score (nSPS) is 18.5. The van der Waals surface area contributed by atoms with Crippen LogP contribution in [0.3, 0.4) is 0 Å². The maximum absolute atomic E-state index is 12.9. The first-order valence-corrected chi connectivity index (χ1v) is 11.1. The van der Waals surface area contributed by atoms with Crippen molar-refractivity contribution in [1.29, 1.82) is 0 Å². The first kappa shape index (κ1) is 19.5. The number of rotatable bonds is 5. The van der Waals surface area contributed by atoms with Gasteiger partial charge in [0.15, 0.2) is 5.13 Å². The fourth-order valence-electron chi connectivity index (χ4n) is 3.92. The number of hydrogen-bond acceptors (Lipinski definition) is 7. The summed E-state index contributed by atoms with van der Waals surface area (Å²) in [4.78, 5) is 31.8. The minimum absolute atomic E-state index is 0.165. The second-order valence-corrected chi connectivity index (χ2v) is 8.69. The Kier molecular flexibility index (Phi) is 5.03. The van der Waals surface area contributed by atoms with Gasteiger partial charge in [0.2, 0.25) is 5.91 Å². The maximum atomic E-state index is 12.9. The number of carbonyl (C=O) groups excluding carboxylic acids is 2. The molecule has 31 heavy (non-hydrogen) atoms. The summed E-state index contributed by atoms with van der Waals surface area (Å²) in [5, 5.41) is 9.85. The van der Waals surface area contributed by atoms with Crippen molar-refractivity contribution in [2.45, 2.75) is 25.3 Å². The van der Waals surface area contributed by atoms with E-state index in [1.165, 1.54) is 17.9 Å². The van der Waals surface area contributed by atoms with Gasteiger partial charge in [-0.1, -0.05) is 29.5 Å². The van der Waals surface area contributed by atoms with Crippen molar-refractivity contribution in [1.82, 2.24) is 4.98 Å². The van der Waals surface area contributed by atoms with Gasteiger partial charge in [-0.05, 0) is 43.2 Å². The van der Waals surface area contributed by atoms with E-state index in [2.05, 4.69) is 15.3 Å². The van der Waals surface area contributed by atoms with Gasteiger partial charge in [0.25, 0.3) is 5.91 Å². The van der Waals surface area contributed by atoms with Crippen molar-refractivity contribution < 1.29 is 9.59 Å². The van der Waals surface area contributed by atoms with E-state index in [-0.39, 0.29) is 18.0 Å². The Bertz CT molecular complexity index is 1170. The van der Waals surface area contributed by atoms with E-state index < -0.39 is 11.9 Å². The number of carbonyl (C=O) groups is 2. The summed E-state index contributed by atoms with van der Waals surface area (Å²) in [7, 11) is 0. The third-order valence-electron chi connectivity index (χ3n) is 5.53. The molecule has 0 radical (unpaired) electrons. The van der Waals surface area contributed by atoms with Crippen molar-refractivity contribution >= 4 is 55.6 Å². The quantitative estimate of drug-likeness (QED) is 0.643. The molecular formula is C22H22N6O2S. The highest BCUT2D eigenvalue weighted by Gasteiger charge is 2.35. The summed E-state index contributed by atoms with van der Waals surface area (Å²) in [6.07, 6.45) is 2.56. The van der Waals surface area contributed by atoms with Gasteiger partial charge >= 0.3 is 0 Å². The van der Waals surface area contributed by atoms with E-state index in [4.69, 9.17) is 10.7 Å². The van der Waals surface area contributed by atoms with Crippen LogP contribution in [0.2, 0.25) is 0 Å². The summed E-state index contributed by atoms with van der Waals surface area (Å²) < 4.78 is 1.02. The molecule has 0 aliphatic carbocycles. The van der Waals surface area contributed by atoms with Crippen molar-refractivity contribution in [2.75, 3.05) is 28.3 Å². The van der Waals surface area contributed by atoms with E-state index in [1.807, 2.05) is 48.5 Å². The number of thiazole rings is 1. The van der Waals surface area contributed by atoms with Crippen LogP contribution in [0.1, 0.15) is 19.3 Å². The van der Waals surface area contributed by atoms with Gasteiger partial charge < -0.3 is 16.0 Å². The minimum atomic E-state index is -0.685. The molecule has 2 aromatic carbocycles. The molecule has 1 saturated heterocycles. The molecule has 1 fully saturated rings. The Balaban J connectivity index is 1.35. The fraction of sp³-hybridized carbons (Fsp3) is 0.273. The molecule has 8 nitrogen and oxygen atoms in total. The molecule has 3 heterocycles. The van der Waals surface area contributed by atoms with Crippen LogP contribution in [0.25, 0.3) is 10.2 Å². The first-order valence-electron chi connectivity index (χ1n) is 10.3. The van der Waals surface area contributed by atoms with Crippen LogP contribution in [-0.2, 0) is 9.59 Å². The number of primary amides is 1. The summed E-state index contributed by atoms with van der Waals surface area (Å²) in [5.41, 5.74) is 8.15. The number of benzene rings is 2. The molecular weight excluding hydrogens is 412 g/mol. The molecule has 3 aromatic rings. The van der Waals surface area contributed by atoms with E-state index in [0.29, 0.717) is 5.69 Å². The van der Waals surface area contributed by atoms with Crippen molar-refractivity contribution in [3.8, 4) is 0 Å². The number of hydrogen-bond donors (Lipinski definition) is 2. The molecule has 0 bridgehead atoms. The number of hydrazone groups is 1. The zero-order valence-electron chi connectivity index (χ0n) is 16.8. The third-order valence-corrected chi connectivity index (χ3v) is 6.61. The summed E-state index contributed by atoms with van der Waals surface area (Å²) in [6.45, 7) is 2.09. The van der Waals surface area contributed by atoms with Crippen molar-refractivity contribution in [2.24, 2.45) is 10.8 Å². The van der Waals surface area contributed by atoms with Gasteiger partial charge in [-0.25, -0.2) is 4.98 Å². The number of nitrogens with two attached hydrogens (primary N) is 1. The van der Waals surface area contributed by atoms with Gasteiger partial charge in [0.1, 0.15) is 11.8 Å². The zero-order chi connectivity index (χ0) is 21.4. The zero-order valence-corrected chi connectivity index (χ0v) is 17.6. The molecule has 0 spiro atoms. The fourth-order valence-corrected chi connectivity index (χ4v) is 4.98. The molecule has 1 aromatic heterocycles. The van der Waals surface area contributed by atoms with E-state index in [0.717, 1.165) is 34.1 Å². The number of amides is 2. The largest absolute Gasteiger partial charge is 0.368 e. The van der Waals surface area contributed by atoms with Gasteiger partial charge in [-0.3, -0.25) is 14.6 Å². The Morgan fingerprint density at radius 1 is 1.10 bits per heavy atom. The lowest BCUT2D eigenvalue weighted by Crippen LogP contribution is -2.39. The van der Waals surface area contributed by atoms with Crippen LogP contribution in [0.5, 0.6) is 0 Å². The monoisotopic (exact) mass is 434 g/mol. The highest BCUT2D eigenvalue weighted by atomic mass is 32.1. The first-order chi connectivity index (χ1) is 15.1. The molecule has 158 valence electrons. The topological polar surface area (TPSA) is 104 Å². The smallest absolute Gasteiger partial charge is 0.271 e. The molecule has 0 saturated carbocycles. The van der Waals surface area contributed by atoms with Crippen LogP contribution < -0.4 is 21.0 Å². The Morgan fingerprint density at radius 2 is 1.87 bits per heavy atom. The van der Waals surface area contributed by atoms with Gasteiger partial charge in [0.05, 0.1) is 15.9 Å². The Morgan fingerprint density at radius 3 is 2.61 bits per heavy atom. The second-order valence-electron chi connectivity index (χ2n) is 7.68. The standard InChI is InChI=1S/C22H22N6O2S/c23-20(29)18-13-17(26-28(18)15-6-2-1-3-7-15)21(30)24-14-8-9-16-19(12-14)31-22(25-16)27-10-4-5-11-27/h1-3,6-9,12,18H,4-5,10-11,13H2,(H2,23,29)(H,24,30)/t18-/m0/s1. The lowest BCUT2D eigenvalue weighted by molar-refractivity contribution is -0.119. The van der Waals surface area contributed by atoms with Crippen LogP contribution in [0.15, 0.2) is 53.6 Å². The van der Waals surface area contributed by atoms with Crippen LogP contribution in [0, 0.1) is 0 Å². The number of nitrogens with zero attached hydrogens (tertiary/aromatic N) is 4. The Hall–Kier alpha value is -3.46. The highest BCUT2D eigenvalue weighted by molar-refractivity contribution is 7.22. The number of anilines is 3. The van der Waals surface area contributed by atoms with Crippen LogP contribution in [-0.4, -0.2) is 41.6 Å². The van der Waals surface area contributed by atoms with Crippen LogP contribution in [0.4, 0.5) is 16.5 Å². The van der Waals surface area contributed by atoms with Crippen LogP contribution >= 0.6 is 11.3 Å². The minimum Gasteiger partial charge on any atom is -0.368 e. The van der Waals surface area contributed by atoms with Crippen molar-refractivity contribution in [3.05, 3.63) is 48.5 Å². The highest BCUT2D eigenvalue weighted by Crippen LogP contribution is 2.32. The second kappa shape index (κ2) is 7.99. The van der Waals surface area contributed by atoms with E-state index >= 15 is 0 Å². The lowest BCUT2D eigenvalue weighted by Gasteiger charge is -2.20. The molecule has 3 N–H and O–H groups in total. The average Bonchev–Trinajstić information content (AvgIpc) is 3.52. The molecule has 0 unspecified atom stereocenters. The van der Waals surface area contributed by atoms with Crippen molar-refractivity contribution in [3.63, 3.8) is 0 Å². The molecule has 1 atom stereocenters. The van der Waals surface area contributed by atoms with Gasteiger partial charge in [-0.2, -0.15) is 5.10 Å². The molecule has 2 amide bonds. The predicted octanol–water partition coefficient (Wildman–Crippen LogP) is 2.96. The Labute approximate surface area is 183 Å². The SMILES string of the molecule is NC(=O)[C@@H]1CC(C(=O)Nc2ccc3nc(N4CCCC4)sc3c2)=NN1c1ccccc1. The molecule has 2 aliphatic heterocycles. The third kappa shape index (κ3) is 3.84. The molecule has 2 aliphatic rings. The lowest BCUT2D eigenvalue weighted by atomic mass is 10.1. The maximum Gasteiger partial charge on any atom is 0.271 e. The summed E-state index contributed by atoms with van der Waals surface area (Å²) >= 11 is 1.63. The number of aromatic nitrogens is 1. The van der Waals surface area contributed by atoms with Gasteiger partial charge in [-0.15, -0.1) is 0 Å². The predicted molar refractivity (Wildman–Crippen MR) is 124 cm³/mol. The average molecular weight is 435 g/mol. The molecule has 5 rings (SSSR count). The molecule has 9 heteroatoms.